The van der Waals surface area contributed by atoms with Gasteiger partial charge in [-0.2, -0.15) is 4.72 Å². The van der Waals surface area contributed by atoms with Gasteiger partial charge in [-0.3, -0.25) is 9.63 Å². The minimum atomic E-state index is -4.35. The number of hydroxylamine groups is 1. The maximum absolute atomic E-state index is 13.3. The number of carbonyl (C=O) groups is 2. The van der Waals surface area contributed by atoms with E-state index in [1.54, 1.807) is 24.5 Å². The predicted octanol–water partition coefficient (Wildman–Crippen LogP) is 1.44. The summed E-state index contributed by atoms with van der Waals surface area (Å²) in [4.78, 5) is 37.2. The molecule has 12 nitrogen and oxygen atoms in total. The van der Waals surface area contributed by atoms with Gasteiger partial charge in [0.05, 0.1) is 4.90 Å². The van der Waals surface area contributed by atoms with Crippen LogP contribution in [-0.4, -0.2) is 60.2 Å². The zero-order valence-corrected chi connectivity index (χ0v) is 20.6. The van der Waals surface area contributed by atoms with Crippen molar-refractivity contribution in [1.82, 2.24) is 25.5 Å². The second-order valence-corrected chi connectivity index (χ2v) is 10.1. The first-order chi connectivity index (χ1) is 17.8. The number of carbonyl (C=O) groups excluding carboxylic acids is 1. The molecule has 196 valence electrons. The monoisotopic (exact) mass is 528 g/mol. The number of aromatic nitrogens is 2. The van der Waals surface area contributed by atoms with Gasteiger partial charge in [0.15, 0.2) is 12.1 Å². The second kappa shape index (κ2) is 11.5. The molecule has 2 unspecified atom stereocenters. The Balaban J connectivity index is 1.55. The third-order valence-corrected chi connectivity index (χ3v) is 7.34. The molecule has 1 amide bonds. The first kappa shape index (κ1) is 26.3. The van der Waals surface area contributed by atoms with Crippen LogP contribution in [0.15, 0.2) is 71.9 Å². The number of carboxylic acids is 1. The van der Waals surface area contributed by atoms with Crippen LogP contribution >= 0.6 is 0 Å². The van der Waals surface area contributed by atoms with Crippen molar-refractivity contribution in [3.63, 3.8) is 0 Å². The van der Waals surface area contributed by atoms with Crippen LogP contribution in [0.5, 0.6) is 0 Å². The number of hydrogen-bond acceptors (Lipinski definition) is 8. The summed E-state index contributed by atoms with van der Waals surface area (Å²) in [5.74, 6) is -1.81. The van der Waals surface area contributed by atoms with Gasteiger partial charge in [-0.1, -0.05) is 42.5 Å². The molecular formula is C24H28N6O6S. The fourth-order valence-electron chi connectivity index (χ4n) is 3.89. The molecular weight excluding hydrogens is 500 g/mol. The van der Waals surface area contributed by atoms with E-state index in [1.807, 2.05) is 30.3 Å². The molecule has 2 atom stereocenters. The Morgan fingerprint density at radius 3 is 2.46 bits per heavy atom. The fourth-order valence-corrected chi connectivity index (χ4v) is 5.21. The molecule has 0 saturated carbocycles. The van der Waals surface area contributed by atoms with Crippen LogP contribution in [0.2, 0.25) is 0 Å². The molecule has 1 fully saturated rings. The number of anilines is 1. The number of imidazole rings is 1. The van der Waals surface area contributed by atoms with Gasteiger partial charge in [0.1, 0.15) is 0 Å². The minimum Gasteiger partial charge on any atom is -0.478 e. The minimum absolute atomic E-state index is 0.139. The maximum atomic E-state index is 13.3. The Bertz CT molecular complexity index is 1300. The lowest BCUT2D eigenvalue weighted by atomic mass is 10.0. The lowest BCUT2D eigenvalue weighted by molar-refractivity contribution is -0.151. The van der Waals surface area contributed by atoms with Crippen LogP contribution in [0.3, 0.4) is 0 Å². The van der Waals surface area contributed by atoms with E-state index in [0.717, 1.165) is 11.1 Å². The summed E-state index contributed by atoms with van der Waals surface area (Å²) in [6, 6.07) is 15.5. The van der Waals surface area contributed by atoms with Gasteiger partial charge in [0.2, 0.25) is 15.7 Å². The van der Waals surface area contributed by atoms with Gasteiger partial charge >= 0.3 is 5.97 Å². The van der Waals surface area contributed by atoms with Crippen molar-refractivity contribution in [2.45, 2.75) is 35.9 Å². The number of rotatable bonds is 12. The standard InChI is InChI=1S/C24H28N6O6S/c31-21(20-11-14-28-36-20)29-24(22(32)33,12-4-13-25-23-26-15-16-27-23)30-37(34,35)19-9-7-18(8-10-19)17-5-2-1-3-6-17/h1-3,5-10,15-16,20,28,30H,4,11-14H2,(H,29,31)(H,32,33)(H2,25,26,27). The van der Waals surface area contributed by atoms with E-state index in [1.165, 1.54) is 12.1 Å². The van der Waals surface area contributed by atoms with Crippen LogP contribution in [0.4, 0.5) is 5.95 Å². The van der Waals surface area contributed by atoms with Crippen molar-refractivity contribution in [1.29, 1.82) is 0 Å². The highest BCUT2D eigenvalue weighted by atomic mass is 32.2. The largest absolute Gasteiger partial charge is 0.478 e. The van der Waals surface area contributed by atoms with Crippen LogP contribution in [0.25, 0.3) is 11.1 Å². The van der Waals surface area contributed by atoms with Crippen molar-refractivity contribution in [3.8, 4) is 11.1 Å². The topological polar surface area (TPSA) is 175 Å². The van der Waals surface area contributed by atoms with Crippen LogP contribution in [-0.2, 0) is 24.4 Å². The summed E-state index contributed by atoms with van der Waals surface area (Å²) in [5.41, 5.74) is 1.95. The van der Waals surface area contributed by atoms with Crippen LogP contribution in [0.1, 0.15) is 19.3 Å². The molecule has 1 saturated heterocycles. The van der Waals surface area contributed by atoms with Crippen molar-refractivity contribution < 1.29 is 28.0 Å². The molecule has 2 heterocycles. The Kier molecular flexibility index (Phi) is 8.18. The first-order valence-electron chi connectivity index (χ1n) is 11.7. The lowest BCUT2D eigenvalue weighted by Gasteiger charge is -2.32. The molecule has 0 aliphatic carbocycles. The molecule has 0 radical (unpaired) electrons. The Morgan fingerprint density at radius 2 is 1.84 bits per heavy atom. The molecule has 1 aromatic heterocycles. The smallest absolute Gasteiger partial charge is 0.345 e. The number of H-pyrrole nitrogens is 1. The van der Waals surface area contributed by atoms with E-state index < -0.39 is 33.7 Å². The summed E-state index contributed by atoms with van der Waals surface area (Å²) in [7, 11) is -4.35. The van der Waals surface area contributed by atoms with E-state index in [2.05, 4.69) is 30.8 Å². The zero-order chi connectivity index (χ0) is 26.3. The van der Waals surface area contributed by atoms with Gasteiger partial charge in [0, 0.05) is 25.5 Å². The molecule has 6 N–H and O–H groups in total. The maximum Gasteiger partial charge on any atom is 0.345 e. The quantitative estimate of drug-likeness (QED) is 0.150. The number of hydrogen-bond donors (Lipinski definition) is 6. The van der Waals surface area contributed by atoms with Gasteiger partial charge in [-0.25, -0.2) is 23.7 Å². The zero-order valence-electron chi connectivity index (χ0n) is 19.8. The number of sulfonamides is 1. The van der Waals surface area contributed by atoms with Crippen LogP contribution < -0.4 is 20.8 Å². The summed E-state index contributed by atoms with van der Waals surface area (Å²) < 4.78 is 28.9. The molecule has 0 bridgehead atoms. The third kappa shape index (κ3) is 6.51. The Labute approximate surface area is 213 Å². The highest BCUT2D eigenvalue weighted by Crippen LogP contribution is 2.23. The summed E-state index contributed by atoms with van der Waals surface area (Å²) >= 11 is 0. The number of aliphatic carboxylic acids is 1. The average Bonchev–Trinajstić information content (AvgIpc) is 3.62. The van der Waals surface area contributed by atoms with Gasteiger partial charge in [-0.05, 0) is 42.5 Å². The number of nitrogens with one attached hydrogen (secondary N) is 5. The van der Waals surface area contributed by atoms with Crippen LogP contribution in [0, 0.1) is 0 Å². The Morgan fingerprint density at radius 1 is 1.11 bits per heavy atom. The van der Waals surface area contributed by atoms with E-state index in [9.17, 15) is 23.1 Å². The van der Waals surface area contributed by atoms with Gasteiger partial charge < -0.3 is 20.7 Å². The third-order valence-electron chi connectivity index (χ3n) is 5.83. The lowest BCUT2D eigenvalue weighted by Crippen LogP contribution is -2.66. The van der Waals surface area contributed by atoms with Crippen molar-refractivity contribution in [2.24, 2.45) is 0 Å². The number of carboxylic acid groups (broad SMARTS) is 1. The molecule has 3 aromatic rings. The molecule has 37 heavy (non-hydrogen) atoms. The van der Waals surface area contributed by atoms with Crippen molar-refractivity contribution in [2.75, 3.05) is 18.4 Å². The van der Waals surface area contributed by atoms with Gasteiger partial charge in [0.25, 0.3) is 5.91 Å². The Hall–Kier alpha value is -3.78. The SMILES string of the molecule is O=C(NC(CCCNc1ncc[nH]1)(NS(=O)(=O)c1ccc(-c2ccccc2)cc1)C(=O)O)C1CCNO1. The van der Waals surface area contributed by atoms with Crippen molar-refractivity contribution >= 4 is 27.8 Å². The van der Waals surface area contributed by atoms with Crippen molar-refractivity contribution in [3.05, 3.63) is 67.0 Å². The molecule has 0 spiro atoms. The molecule has 1 aliphatic rings. The molecule has 13 heteroatoms. The van der Waals surface area contributed by atoms with E-state index in [-0.39, 0.29) is 24.3 Å². The summed E-state index contributed by atoms with van der Waals surface area (Å²) in [6.07, 6.45) is 2.48. The normalized spacial score (nSPS) is 17.1. The number of nitrogens with zero attached hydrogens (tertiary/aromatic N) is 1. The fraction of sp³-hybridized carbons (Fsp3) is 0.292. The number of benzene rings is 2. The predicted molar refractivity (Wildman–Crippen MR) is 135 cm³/mol. The number of amides is 1. The average molecular weight is 529 g/mol. The second-order valence-electron chi connectivity index (χ2n) is 8.45. The molecule has 1 aliphatic heterocycles. The summed E-state index contributed by atoms with van der Waals surface area (Å²) in [5, 5.41) is 15.5. The van der Waals surface area contributed by atoms with Gasteiger partial charge in [-0.15, -0.1) is 0 Å². The van der Waals surface area contributed by atoms with E-state index in [0.29, 0.717) is 18.9 Å². The number of aromatic amines is 1. The summed E-state index contributed by atoms with van der Waals surface area (Å²) in [6.45, 7) is 0.679. The van der Waals surface area contributed by atoms with E-state index in [4.69, 9.17) is 4.84 Å². The first-order valence-corrected chi connectivity index (χ1v) is 13.1. The van der Waals surface area contributed by atoms with E-state index >= 15 is 0 Å². The highest BCUT2D eigenvalue weighted by Gasteiger charge is 2.45. The highest BCUT2D eigenvalue weighted by molar-refractivity contribution is 7.89. The molecule has 2 aromatic carbocycles. The molecule has 4 rings (SSSR count).